The lowest BCUT2D eigenvalue weighted by Gasteiger charge is -2.28. The van der Waals surface area contributed by atoms with Gasteiger partial charge in [0, 0.05) is 25.7 Å². The van der Waals surface area contributed by atoms with E-state index in [0.29, 0.717) is 19.4 Å². The van der Waals surface area contributed by atoms with Gasteiger partial charge in [-0.2, -0.15) is 0 Å². The molecular weight excluding hydrogens is 502 g/mol. The van der Waals surface area contributed by atoms with Gasteiger partial charge in [0.2, 0.25) is 17.7 Å². The summed E-state index contributed by atoms with van der Waals surface area (Å²) in [4.78, 5) is 64.0. The lowest BCUT2D eigenvalue weighted by Crippen LogP contribution is -2.53. The topological polar surface area (TPSA) is 159 Å². The monoisotopic (exact) mass is 537 g/mol. The van der Waals surface area contributed by atoms with Gasteiger partial charge < -0.3 is 30.9 Å². The van der Waals surface area contributed by atoms with E-state index >= 15 is 0 Å². The van der Waals surface area contributed by atoms with Crippen LogP contribution in [0.2, 0.25) is 0 Å². The van der Waals surface area contributed by atoms with Crippen LogP contribution in [0.4, 0.5) is 5.69 Å². The molecule has 1 saturated heterocycles. The lowest BCUT2D eigenvalue weighted by molar-refractivity contribution is -0.134. The highest BCUT2D eigenvalue weighted by atomic mass is 16.3. The summed E-state index contributed by atoms with van der Waals surface area (Å²) in [5.41, 5.74) is 0.323. The zero-order chi connectivity index (χ0) is 27.9. The fourth-order valence-electron chi connectivity index (χ4n) is 4.90. The first-order valence-electron chi connectivity index (χ1n) is 13.3. The number of benzene rings is 1. The minimum atomic E-state index is -1.57. The Morgan fingerprint density at radius 1 is 1.03 bits per heavy atom. The van der Waals surface area contributed by atoms with E-state index in [4.69, 9.17) is 0 Å². The van der Waals surface area contributed by atoms with Gasteiger partial charge in [-0.3, -0.25) is 24.0 Å². The maximum atomic E-state index is 13.6. The summed E-state index contributed by atoms with van der Waals surface area (Å²) < 4.78 is 1.29. The smallest absolute Gasteiger partial charge is 0.275 e. The second kappa shape index (κ2) is 12.7. The highest BCUT2D eigenvalue weighted by Gasteiger charge is 2.37. The molecule has 11 nitrogen and oxygen atoms in total. The number of carbonyl (C=O) groups is 4. The Balaban J connectivity index is 1.54. The van der Waals surface area contributed by atoms with Crippen molar-refractivity contribution in [3.8, 4) is 0 Å². The number of nitrogens with zero attached hydrogens (tertiary/aromatic N) is 1. The predicted octanol–water partition coefficient (Wildman–Crippen LogP) is 0.489. The van der Waals surface area contributed by atoms with E-state index in [0.717, 1.165) is 18.4 Å². The molecule has 11 heteroatoms. The van der Waals surface area contributed by atoms with Crippen molar-refractivity contribution < 1.29 is 24.3 Å². The van der Waals surface area contributed by atoms with Gasteiger partial charge in [-0.05, 0) is 42.9 Å². The SMILES string of the molecule is CNC(=O)[C@H](O)[C@H](C[C@@H]1CCNC1=O)NC(=O)[C@H](CC1CC1)n1cccc(NC(=O)Cc2ccccc2)c1=O. The van der Waals surface area contributed by atoms with Crippen molar-refractivity contribution in [3.05, 3.63) is 64.6 Å². The third kappa shape index (κ3) is 7.32. The molecule has 1 aliphatic heterocycles. The van der Waals surface area contributed by atoms with Crippen molar-refractivity contribution in [3.63, 3.8) is 0 Å². The molecule has 208 valence electrons. The third-order valence-corrected chi connectivity index (χ3v) is 7.27. The number of aliphatic hydroxyl groups is 1. The van der Waals surface area contributed by atoms with E-state index in [1.807, 2.05) is 30.3 Å². The molecule has 5 N–H and O–H groups in total. The number of anilines is 1. The number of aliphatic hydroxyl groups excluding tert-OH is 1. The van der Waals surface area contributed by atoms with Gasteiger partial charge >= 0.3 is 0 Å². The second-order valence-electron chi connectivity index (χ2n) is 10.2. The Kier molecular flexibility index (Phi) is 9.13. The molecule has 2 heterocycles. The van der Waals surface area contributed by atoms with Crippen LogP contribution in [-0.4, -0.2) is 59.0 Å². The van der Waals surface area contributed by atoms with Crippen LogP contribution in [0.3, 0.4) is 0 Å². The lowest BCUT2D eigenvalue weighted by atomic mass is 9.94. The average molecular weight is 538 g/mol. The molecule has 2 aromatic rings. The molecule has 2 fully saturated rings. The van der Waals surface area contributed by atoms with Crippen molar-refractivity contribution in [1.29, 1.82) is 0 Å². The number of aromatic nitrogens is 1. The first-order chi connectivity index (χ1) is 18.8. The maximum Gasteiger partial charge on any atom is 0.275 e. The van der Waals surface area contributed by atoms with Crippen molar-refractivity contribution in [2.75, 3.05) is 18.9 Å². The molecule has 4 amide bonds. The van der Waals surface area contributed by atoms with Crippen LogP contribution in [0.1, 0.15) is 43.7 Å². The Bertz CT molecular complexity index is 1260. The minimum Gasteiger partial charge on any atom is -0.381 e. The summed E-state index contributed by atoms with van der Waals surface area (Å²) in [6, 6.07) is 10.3. The first kappa shape index (κ1) is 28.0. The molecule has 0 radical (unpaired) electrons. The number of carbonyl (C=O) groups excluding carboxylic acids is 4. The van der Waals surface area contributed by atoms with Crippen molar-refractivity contribution in [2.45, 2.75) is 56.7 Å². The summed E-state index contributed by atoms with van der Waals surface area (Å²) in [6.45, 7) is 0.489. The van der Waals surface area contributed by atoms with Crippen LogP contribution in [0.25, 0.3) is 0 Å². The van der Waals surface area contributed by atoms with Crippen molar-refractivity contribution >= 4 is 29.3 Å². The first-order valence-corrected chi connectivity index (χ1v) is 13.3. The van der Waals surface area contributed by atoms with Gasteiger partial charge in [0.15, 0.2) is 6.10 Å². The Labute approximate surface area is 226 Å². The summed E-state index contributed by atoms with van der Waals surface area (Å²) >= 11 is 0. The van der Waals surface area contributed by atoms with Crippen molar-refractivity contribution in [2.24, 2.45) is 11.8 Å². The molecule has 1 aliphatic carbocycles. The number of likely N-dealkylation sites (N-methyl/N-ethyl adjacent to an activating group) is 1. The van der Waals surface area contributed by atoms with Gasteiger partial charge in [-0.25, -0.2) is 0 Å². The molecule has 4 atom stereocenters. The van der Waals surface area contributed by atoms with Crippen LogP contribution >= 0.6 is 0 Å². The Morgan fingerprint density at radius 2 is 1.77 bits per heavy atom. The van der Waals surface area contributed by atoms with Crippen LogP contribution < -0.4 is 26.8 Å². The highest BCUT2D eigenvalue weighted by Crippen LogP contribution is 2.37. The van der Waals surface area contributed by atoms with Gasteiger partial charge in [0.05, 0.1) is 12.5 Å². The predicted molar refractivity (Wildman–Crippen MR) is 144 cm³/mol. The zero-order valence-electron chi connectivity index (χ0n) is 21.9. The number of hydrogen-bond donors (Lipinski definition) is 5. The quantitative estimate of drug-likeness (QED) is 0.265. The van der Waals surface area contributed by atoms with E-state index in [9.17, 15) is 29.1 Å². The van der Waals surface area contributed by atoms with E-state index in [1.54, 1.807) is 6.07 Å². The summed E-state index contributed by atoms with van der Waals surface area (Å²) in [6.07, 6.45) is 2.87. The Morgan fingerprint density at radius 3 is 2.41 bits per heavy atom. The van der Waals surface area contributed by atoms with E-state index < -0.39 is 41.5 Å². The third-order valence-electron chi connectivity index (χ3n) is 7.27. The molecule has 0 bridgehead atoms. The number of hydrogen-bond acceptors (Lipinski definition) is 6. The number of amides is 4. The minimum absolute atomic E-state index is 0.0524. The molecule has 0 unspecified atom stereocenters. The number of nitrogens with one attached hydrogen (secondary N) is 4. The Hall–Kier alpha value is -3.99. The van der Waals surface area contributed by atoms with Gasteiger partial charge in [0.25, 0.3) is 11.5 Å². The molecule has 0 spiro atoms. The maximum absolute atomic E-state index is 13.6. The van der Waals surface area contributed by atoms with E-state index in [-0.39, 0.29) is 36.3 Å². The summed E-state index contributed by atoms with van der Waals surface area (Å²) in [5, 5.41) is 21.2. The second-order valence-corrected chi connectivity index (χ2v) is 10.2. The molecular formula is C28H35N5O6. The van der Waals surface area contributed by atoms with Gasteiger partial charge in [-0.1, -0.05) is 43.2 Å². The van der Waals surface area contributed by atoms with Gasteiger partial charge in [0.1, 0.15) is 11.7 Å². The van der Waals surface area contributed by atoms with E-state index in [2.05, 4.69) is 21.3 Å². The zero-order valence-corrected chi connectivity index (χ0v) is 21.9. The van der Waals surface area contributed by atoms with Crippen molar-refractivity contribution in [1.82, 2.24) is 20.5 Å². The van der Waals surface area contributed by atoms with Crippen LogP contribution in [0.15, 0.2) is 53.5 Å². The number of pyridine rings is 1. The standard InChI is InChI=1S/C28H35N5O6/c1-29-27(38)24(35)21(16-19-11-12-30-25(19)36)32-26(37)22(14-18-9-10-18)33-13-5-8-20(28(33)39)31-23(34)15-17-6-3-2-4-7-17/h2-8,13,18-19,21-22,24,35H,9-12,14-16H2,1H3,(H,29,38)(H,30,36)(H,31,34)(H,32,37)/t19-,21-,22-,24+/m0/s1. The molecule has 2 aliphatic rings. The van der Waals surface area contributed by atoms with Crippen LogP contribution in [0, 0.1) is 11.8 Å². The van der Waals surface area contributed by atoms with Crippen LogP contribution in [-0.2, 0) is 25.6 Å². The fourth-order valence-corrected chi connectivity index (χ4v) is 4.90. The summed E-state index contributed by atoms with van der Waals surface area (Å²) in [5.74, 6) is -1.97. The molecule has 1 saturated carbocycles. The van der Waals surface area contributed by atoms with Crippen LogP contribution in [0.5, 0.6) is 0 Å². The fraction of sp³-hybridized carbons (Fsp3) is 0.464. The largest absolute Gasteiger partial charge is 0.381 e. The molecule has 1 aromatic heterocycles. The molecule has 4 rings (SSSR count). The van der Waals surface area contributed by atoms with E-state index in [1.165, 1.54) is 23.9 Å². The molecule has 39 heavy (non-hydrogen) atoms. The van der Waals surface area contributed by atoms with Gasteiger partial charge in [-0.15, -0.1) is 0 Å². The average Bonchev–Trinajstić information content (AvgIpc) is 3.67. The highest BCUT2D eigenvalue weighted by molar-refractivity contribution is 5.92. The molecule has 1 aromatic carbocycles. The normalized spacial score (nSPS) is 18.9. The summed E-state index contributed by atoms with van der Waals surface area (Å²) in [7, 11) is 1.37. The number of rotatable bonds is 12.